The first-order valence-electron chi connectivity index (χ1n) is 7.10. The zero-order valence-electron chi connectivity index (χ0n) is 11.2. The largest absolute Gasteiger partial charge is 0.508 e. The Labute approximate surface area is 117 Å². The van der Waals surface area contributed by atoms with Gasteiger partial charge in [0.25, 0.3) is 5.89 Å². The fourth-order valence-electron chi connectivity index (χ4n) is 2.74. The van der Waals surface area contributed by atoms with Crippen molar-refractivity contribution in [3.05, 3.63) is 24.0 Å². The Morgan fingerprint density at radius 2 is 1.80 bits per heavy atom. The molecule has 2 aromatic rings. The summed E-state index contributed by atoms with van der Waals surface area (Å²) in [5, 5.41) is 23.4. The molecular weight excluding hydrogens is 256 g/mol. The van der Waals surface area contributed by atoms with Gasteiger partial charge >= 0.3 is 0 Å². The van der Waals surface area contributed by atoms with Crippen LogP contribution in [0.1, 0.15) is 50.3 Å². The summed E-state index contributed by atoms with van der Waals surface area (Å²) in [6, 6.07) is 4.27. The minimum absolute atomic E-state index is 0.0267. The summed E-state index contributed by atoms with van der Waals surface area (Å²) in [7, 11) is 0. The Kier molecular flexibility index (Phi) is 3.58. The second kappa shape index (κ2) is 5.53. The Balaban J connectivity index is 1.87. The van der Waals surface area contributed by atoms with Crippen molar-refractivity contribution in [1.82, 2.24) is 10.1 Å². The van der Waals surface area contributed by atoms with Crippen LogP contribution in [0.4, 0.5) is 0 Å². The van der Waals surface area contributed by atoms with Gasteiger partial charge < -0.3 is 14.7 Å². The Morgan fingerprint density at radius 3 is 2.55 bits per heavy atom. The van der Waals surface area contributed by atoms with Crippen LogP contribution in [0.5, 0.6) is 11.5 Å². The molecule has 1 saturated carbocycles. The van der Waals surface area contributed by atoms with Gasteiger partial charge in [0.1, 0.15) is 11.5 Å². The third kappa shape index (κ3) is 2.61. The minimum Gasteiger partial charge on any atom is -0.508 e. The molecule has 3 rings (SSSR count). The minimum atomic E-state index is 0.0267. The molecule has 5 heteroatoms. The van der Waals surface area contributed by atoms with E-state index in [9.17, 15) is 10.2 Å². The second-order valence-electron chi connectivity index (χ2n) is 5.35. The lowest BCUT2D eigenvalue weighted by Crippen LogP contribution is -1.99. The average molecular weight is 274 g/mol. The molecular formula is C15H18N2O3. The highest BCUT2D eigenvalue weighted by atomic mass is 16.5. The standard InChI is InChI=1S/C15H18N2O3/c18-11-7-8-13(19)12(9-11)15-16-14(17-20-15)10-5-3-1-2-4-6-10/h7-10,18-19H,1-6H2. The molecule has 0 atom stereocenters. The fourth-order valence-corrected chi connectivity index (χ4v) is 2.74. The van der Waals surface area contributed by atoms with Crippen molar-refractivity contribution in [2.75, 3.05) is 0 Å². The number of aromatic nitrogens is 2. The molecule has 1 aliphatic rings. The van der Waals surface area contributed by atoms with Gasteiger partial charge in [-0.05, 0) is 31.0 Å². The van der Waals surface area contributed by atoms with E-state index in [1.807, 2.05) is 0 Å². The molecule has 1 fully saturated rings. The number of hydrogen-bond donors (Lipinski definition) is 2. The van der Waals surface area contributed by atoms with E-state index in [-0.39, 0.29) is 17.4 Å². The molecule has 0 radical (unpaired) electrons. The number of benzene rings is 1. The van der Waals surface area contributed by atoms with Gasteiger partial charge in [0.05, 0.1) is 5.56 Å². The maximum atomic E-state index is 9.81. The van der Waals surface area contributed by atoms with Crippen molar-refractivity contribution in [2.24, 2.45) is 0 Å². The number of phenolic OH excluding ortho intramolecular Hbond substituents is 2. The second-order valence-corrected chi connectivity index (χ2v) is 5.35. The first kappa shape index (κ1) is 13.0. The molecule has 20 heavy (non-hydrogen) atoms. The molecule has 0 spiro atoms. The van der Waals surface area contributed by atoms with Crippen LogP contribution in [0.25, 0.3) is 11.5 Å². The van der Waals surface area contributed by atoms with Gasteiger partial charge in [-0.2, -0.15) is 4.98 Å². The van der Waals surface area contributed by atoms with Crippen LogP contribution in [-0.4, -0.2) is 20.4 Å². The van der Waals surface area contributed by atoms with Crippen LogP contribution in [0.2, 0.25) is 0 Å². The van der Waals surface area contributed by atoms with Crippen molar-refractivity contribution in [3.63, 3.8) is 0 Å². The fraction of sp³-hybridized carbons (Fsp3) is 0.467. The molecule has 0 amide bonds. The lowest BCUT2D eigenvalue weighted by Gasteiger charge is -2.07. The highest BCUT2D eigenvalue weighted by molar-refractivity contribution is 5.64. The summed E-state index contributed by atoms with van der Waals surface area (Å²) in [4.78, 5) is 4.40. The molecule has 1 heterocycles. The molecule has 0 unspecified atom stereocenters. The molecule has 0 bridgehead atoms. The van der Waals surface area contributed by atoms with E-state index in [0.717, 1.165) is 12.8 Å². The lowest BCUT2D eigenvalue weighted by molar-refractivity contribution is 0.405. The normalized spacial score (nSPS) is 17.0. The molecule has 0 saturated heterocycles. The van der Waals surface area contributed by atoms with Crippen molar-refractivity contribution in [3.8, 4) is 23.0 Å². The molecule has 5 nitrogen and oxygen atoms in total. The summed E-state index contributed by atoms with van der Waals surface area (Å²) in [6.45, 7) is 0. The van der Waals surface area contributed by atoms with Gasteiger partial charge in [0.2, 0.25) is 0 Å². The van der Waals surface area contributed by atoms with Crippen LogP contribution >= 0.6 is 0 Å². The van der Waals surface area contributed by atoms with Gasteiger partial charge in [-0.15, -0.1) is 0 Å². The summed E-state index contributed by atoms with van der Waals surface area (Å²) >= 11 is 0. The van der Waals surface area contributed by atoms with Crippen molar-refractivity contribution < 1.29 is 14.7 Å². The van der Waals surface area contributed by atoms with E-state index < -0.39 is 0 Å². The average Bonchev–Trinajstić information content (AvgIpc) is 2.77. The van der Waals surface area contributed by atoms with Crippen LogP contribution < -0.4 is 0 Å². The first-order chi connectivity index (χ1) is 9.74. The zero-order chi connectivity index (χ0) is 13.9. The van der Waals surface area contributed by atoms with Gasteiger partial charge in [-0.25, -0.2) is 0 Å². The zero-order valence-corrected chi connectivity index (χ0v) is 11.2. The monoisotopic (exact) mass is 274 g/mol. The molecule has 1 aliphatic carbocycles. The predicted molar refractivity (Wildman–Crippen MR) is 73.5 cm³/mol. The molecule has 1 aromatic heterocycles. The number of rotatable bonds is 2. The van der Waals surface area contributed by atoms with Gasteiger partial charge in [0.15, 0.2) is 5.82 Å². The van der Waals surface area contributed by atoms with E-state index in [1.54, 1.807) is 0 Å². The van der Waals surface area contributed by atoms with Gasteiger partial charge in [-0.3, -0.25) is 0 Å². The van der Waals surface area contributed by atoms with Crippen molar-refractivity contribution in [2.45, 2.75) is 44.4 Å². The van der Waals surface area contributed by atoms with Gasteiger partial charge in [0, 0.05) is 5.92 Å². The first-order valence-corrected chi connectivity index (χ1v) is 7.10. The summed E-state index contributed by atoms with van der Waals surface area (Å²) < 4.78 is 5.25. The van der Waals surface area contributed by atoms with Crippen LogP contribution in [-0.2, 0) is 0 Å². The van der Waals surface area contributed by atoms with Crippen molar-refractivity contribution >= 4 is 0 Å². The molecule has 1 aromatic carbocycles. The number of nitrogens with zero attached hydrogens (tertiary/aromatic N) is 2. The topological polar surface area (TPSA) is 79.4 Å². The molecule has 0 aliphatic heterocycles. The van der Waals surface area contributed by atoms with Crippen molar-refractivity contribution in [1.29, 1.82) is 0 Å². The Hall–Kier alpha value is -2.04. The maximum absolute atomic E-state index is 9.81. The quantitative estimate of drug-likeness (QED) is 0.646. The third-order valence-corrected chi connectivity index (χ3v) is 3.87. The number of phenols is 2. The van der Waals surface area contributed by atoms with E-state index >= 15 is 0 Å². The Morgan fingerprint density at radius 1 is 1.05 bits per heavy atom. The smallest absolute Gasteiger partial charge is 0.261 e. The predicted octanol–water partition coefficient (Wildman–Crippen LogP) is 3.59. The van der Waals surface area contributed by atoms with Gasteiger partial charge in [-0.1, -0.05) is 30.8 Å². The molecule has 106 valence electrons. The summed E-state index contributed by atoms with van der Waals surface area (Å²) in [5.41, 5.74) is 0.373. The van der Waals surface area contributed by atoms with Crippen LogP contribution in [0.15, 0.2) is 22.7 Å². The SMILES string of the molecule is Oc1ccc(O)c(-c2nc(C3CCCCCC3)no2)c1. The number of aromatic hydroxyl groups is 2. The van der Waals surface area contributed by atoms with E-state index in [0.29, 0.717) is 17.3 Å². The summed E-state index contributed by atoms with van der Waals surface area (Å²) in [5.74, 6) is 1.41. The van der Waals surface area contributed by atoms with E-state index in [2.05, 4.69) is 10.1 Å². The maximum Gasteiger partial charge on any atom is 0.261 e. The highest BCUT2D eigenvalue weighted by Crippen LogP contribution is 2.34. The highest BCUT2D eigenvalue weighted by Gasteiger charge is 2.21. The van der Waals surface area contributed by atoms with E-state index in [4.69, 9.17) is 4.52 Å². The summed E-state index contributed by atoms with van der Waals surface area (Å²) in [6.07, 6.45) is 7.12. The molecule has 2 N–H and O–H groups in total. The third-order valence-electron chi connectivity index (χ3n) is 3.87. The van der Waals surface area contributed by atoms with Crippen LogP contribution in [0, 0.1) is 0 Å². The van der Waals surface area contributed by atoms with Crippen LogP contribution in [0.3, 0.4) is 0 Å². The lowest BCUT2D eigenvalue weighted by atomic mass is 10.00. The number of hydrogen-bond acceptors (Lipinski definition) is 5. The Bertz CT molecular complexity index is 587. The van der Waals surface area contributed by atoms with E-state index in [1.165, 1.54) is 43.9 Å².